The van der Waals surface area contributed by atoms with Crippen molar-refractivity contribution in [2.24, 2.45) is 5.73 Å². The molecule has 4 heteroatoms. The summed E-state index contributed by atoms with van der Waals surface area (Å²) >= 11 is 5.76. The van der Waals surface area contributed by atoms with E-state index in [2.05, 4.69) is 6.20 Å². The first-order valence-corrected chi connectivity index (χ1v) is 6.89. The maximum absolute atomic E-state index is 13.8. The molecule has 0 saturated carbocycles. The van der Waals surface area contributed by atoms with E-state index in [1.54, 1.807) is 12.1 Å². The van der Waals surface area contributed by atoms with E-state index in [0.29, 0.717) is 17.1 Å². The van der Waals surface area contributed by atoms with Gasteiger partial charge in [0.05, 0.1) is 0 Å². The Morgan fingerprint density at radius 3 is 2.95 bits per heavy atom. The van der Waals surface area contributed by atoms with E-state index in [4.69, 9.17) is 17.3 Å². The maximum Gasteiger partial charge on any atom is 0.129 e. The SMILES string of the molecule is NC1CCCc2cn(Cc3ccc(Cl)cc3F)cc21. The molecule has 0 fully saturated rings. The fourth-order valence-electron chi connectivity index (χ4n) is 2.72. The number of hydrogen-bond donors (Lipinski definition) is 1. The summed E-state index contributed by atoms with van der Waals surface area (Å²) in [6.07, 6.45) is 7.37. The van der Waals surface area contributed by atoms with Gasteiger partial charge in [-0.3, -0.25) is 0 Å². The Kier molecular flexibility index (Phi) is 3.33. The summed E-state index contributed by atoms with van der Waals surface area (Å²) in [4.78, 5) is 0. The predicted molar refractivity (Wildman–Crippen MR) is 74.8 cm³/mol. The number of fused-ring (bicyclic) bond motifs is 1. The lowest BCUT2D eigenvalue weighted by Gasteiger charge is -2.17. The summed E-state index contributed by atoms with van der Waals surface area (Å²) in [6, 6.07) is 4.93. The van der Waals surface area contributed by atoms with Crippen LogP contribution in [0.5, 0.6) is 0 Å². The molecular weight excluding hydrogens is 263 g/mol. The molecule has 2 aromatic rings. The fraction of sp³-hybridized carbons (Fsp3) is 0.333. The van der Waals surface area contributed by atoms with Crippen molar-refractivity contribution in [1.29, 1.82) is 0 Å². The van der Waals surface area contributed by atoms with Crippen LogP contribution in [0.25, 0.3) is 0 Å². The monoisotopic (exact) mass is 278 g/mol. The summed E-state index contributed by atoms with van der Waals surface area (Å²) in [6.45, 7) is 0.517. The van der Waals surface area contributed by atoms with Crippen molar-refractivity contribution in [2.45, 2.75) is 31.8 Å². The van der Waals surface area contributed by atoms with E-state index in [1.807, 2.05) is 10.8 Å². The number of rotatable bonds is 2. The van der Waals surface area contributed by atoms with Crippen molar-refractivity contribution in [3.63, 3.8) is 0 Å². The zero-order valence-electron chi connectivity index (χ0n) is 10.6. The Bertz CT molecular complexity index is 606. The molecule has 3 rings (SSSR count). The molecule has 2 N–H and O–H groups in total. The number of nitrogens with two attached hydrogens (primary N) is 1. The molecule has 2 nitrogen and oxygen atoms in total. The van der Waals surface area contributed by atoms with Gasteiger partial charge < -0.3 is 10.3 Å². The molecule has 0 radical (unpaired) electrons. The van der Waals surface area contributed by atoms with E-state index in [1.165, 1.54) is 17.2 Å². The molecule has 0 bridgehead atoms. The van der Waals surface area contributed by atoms with E-state index in [0.717, 1.165) is 19.3 Å². The van der Waals surface area contributed by atoms with Gasteiger partial charge in [-0.15, -0.1) is 0 Å². The molecule has 100 valence electrons. The van der Waals surface area contributed by atoms with Crippen LogP contribution < -0.4 is 5.73 Å². The summed E-state index contributed by atoms with van der Waals surface area (Å²) in [5.74, 6) is -0.261. The summed E-state index contributed by atoms with van der Waals surface area (Å²) in [7, 11) is 0. The van der Waals surface area contributed by atoms with Crippen molar-refractivity contribution in [2.75, 3.05) is 0 Å². The minimum atomic E-state index is -0.261. The molecule has 0 aliphatic heterocycles. The van der Waals surface area contributed by atoms with Gasteiger partial charge in [0.15, 0.2) is 0 Å². The zero-order valence-corrected chi connectivity index (χ0v) is 11.3. The van der Waals surface area contributed by atoms with E-state index in [9.17, 15) is 4.39 Å². The normalized spacial score (nSPS) is 18.4. The van der Waals surface area contributed by atoms with Crippen LogP contribution in [0.3, 0.4) is 0 Å². The highest BCUT2D eigenvalue weighted by atomic mass is 35.5. The average molecular weight is 279 g/mol. The van der Waals surface area contributed by atoms with E-state index in [-0.39, 0.29) is 11.9 Å². The molecule has 1 unspecified atom stereocenters. The Hall–Kier alpha value is -1.32. The van der Waals surface area contributed by atoms with Gasteiger partial charge in [-0.2, -0.15) is 0 Å². The van der Waals surface area contributed by atoms with Crippen molar-refractivity contribution in [1.82, 2.24) is 4.57 Å². The first-order valence-electron chi connectivity index (χ1n) is 6.51. The molecular formula is C15H16ClFN2. The molecule has 0 spiro atoms. The second-order valence-electron chi connectivity index (χ2n) is 5.15. The summed E-state index contributed by atoms with van der Waals surface area (Å²) in [5, 5.41) is 0.426. The van der Waals surface area contributed by atoms with Gasteiger partial charge in [-0.1, -0.05) is 17.7 Å². The average Bonchev–Trinajstić information content (AvgIpc) is 2.77. The van der Waals surface area contributed by atoms with Gasteiger partial charge in [0.2, 0.25) is 0 Å². The fourth-order valence-corrected chi connectivity index (χ4v) is 2.88. The van der Waals surface area contributed by atoms with E-state index >= 15 is 0 Å². The second kappa shape index (κ2) is 4.99. The molecule has 1 aromatic heterocycles. The van der Waals surface area contributed by atoms with Crippen molar-refractivity contribution in [3.05, 3.63) is 58.1 Å². The van der Waals surface area contributed by atoms with Crippen molar-refractivity contribution >= 4 is 11.6 Å². The number of hydrogen-bond acceptors (Lipinski definition) is 1. The Labute approximate surface area is 117 Å². The maximum atomic E-state index is 13.8. The number of aromatic nitrogens is 1. The zero-order chi connectivity index (χ0) is 13.4. The van der Waals surface area contributed by atoms with Gasteiger partial charge in [-0.25, -0.2) is 4.39 Å². The Morgan fingerprint density at radius 2 is 2.21 bits per heavy atom. The molecule has 19 heavy (non-hydrogen) atoms. The minimum Gasteiger partial charge on any atom is -0.349 e. The molecule has 1 aliphatic rings. The number of halogens is 2. The van der Waals surface area contributed by atoms with Crippen LogP contribution in [0.2, 0.25) is 5.02 Å². The minimum absolute atomic E-state index is 0.125. The summed E-state index contributed by atoms with van der Waals surface area (Å²) < 4.78 is 15.8. The third-order valence-electron chi connectivity index (χ3n) is 3.73. The Balaban J connectivity index is 1.87. The molecule has 1 aliphatic carbocycles. The quantitative estimate of drug-likeness (QED) is 0.893. The van der Waals surface area contributed by atoms with Crippen LogP contribution in [0.4, 0.5) is 4.39 Å². The van der Waals surface area contributed by atoms with Crippen molar-refractivity contribution < 1.29 is 4.39 Å². The van der Waals surface area contributed by atoms with Gasteiger partial charge >= 0.3 is 0 Å². The van der Waals surface area contributed by atoms with Gasteiger partial charge in [0.1, 0.15) is 5.82 Å². The second-order valence-corrected chi connectivity index (χ2v) is 5.58. The summed E-state index contributed by atoms with van der Waals surface area (Å²) in [5.41, 5.74) is 9.25. The number of benzene rings is 1. The molecule has 1 aromatic carbocycles. The predicted octanol–water partition coefficient (Wildman–Crippen LogP) is 3.67. The highest BCUT2D eigenvalue weighted by Crippen LogP contribution is 2.29. The first kappa shape index (κ1) is 12.7. The van der Waals surface area contributed by atoms with Crippen LogP contribution in [0.1, 0.15) is 35.6 Å². The number of aryl methyl sites for hydroxylation is 1. The van der Waals surface area contributed by atoms with Gasteiger partial charge in [-0.05, 0) is 42.5 Å². The largest absolute Gasteiger partial charge is 0.349 e. The highest BCUT2D eigenvalue weighted by molar-refractivity contribution is 6.30. The van der Waals surface area contributed by atoms with E-state index < -0.39 is 0 Å². The van der Waals surface area contributed by atoms with Crippen LogP contribution in [0, 0.1) is 5.82 Å². The van der Waals surface area contributed by atoms with Gasteiger partial charge in [0, 0.05) is 35.6 Å². The first-order chi connectivity index (χ1) is 9.13. The highest BCUT2D eigenvalue weighted by Gasteiger charge is 2.18. The molecule has 1 atom stereocenters. The lowest BCUT2D eigenvalue weighted by atomic mass is 9.92. The lowest BCUT2D eigenvalue weighted by molar-refractivity contribution is 0.573. The van der Waals surface area contributed by atoms with Crippen LogP contribution in [-0.4, -0.2) is 4.57 Å². The number of nitrogens with zero attached hydrogens (tertiary/aromatic N) is 1. The van der Waals surface area contributed by atoms with Crippen molar-refractivity contribution in [3.8, 4) is 0 Å². The topological polar surface area (TPSA) is 30.9 Å². The van der Waals surface area contributed by atoms with Crippen LogP contribution in [-0.2, 0) is 13.0 Å². The van der Waals surface area contributed by atoms with Gasteiger partial charge in [0.25, 0.3) is 0 Å². The third kappa shape index (κ3) is 2.53. The smallest absolute Gasteiger partial charge is 0.129 e. The molecule has 1 heterocycles. The lowest BCUT2D eigenvalue weighted by Crippen LogP contribution is -2.15. The van der Waals surface area contributed by atoms with Crippen LogP contribution in [0.15, 0.2) is 30.6 Å². The molecule has 0 amide bonds. The standard InChI is InChI=1S/C15H16ClFN2/c16-12-5-4-11(14(17)6-12)8-19-7-10-2-1-3-15(18)13(10)9-19/h4-7,9,15H,1-3,8,18H2. The third-order valence-corrected chi connectivity index (χ3v) is 3.96. The Morgan fingerprint density at radius 1 is 1.37 bits per heavy atom. The van der Waals surface area contributed by atoms with Crippen LogP contribution >= 0.6 is 11.6 Å². The molecule has 0 saturated heterocycles.